The summed E-state index contributed by atoms with van der Waals surface area (Å²) < 4.78 is 18.7. The zero-order valence-electron chi connectivity index (χ0n) is 12.4. The molecule has 0 aliphatic heterocycles. The molecule has 1 amide bonds. The second-order valence-electron chi connectivity index (χ2n) is 4.83. The van der Waals surface area contributed by atoms with E-state index in [0.717, 1.165) is 17.7 Å². The van der Waals surface area contributed by atoms with Crippen molar-refractivity contribution in [1.29, 1.82) is 0 Å². The van der Waals surface area contributed by atoms with Crippen LogP contribution in [0.2, 0.25) is 0 Å². The molecule has 0 aliphatic rings. The minimum atomic E-state index is -0.384. The third-order valence-electron chi connectivity index (χ3n) is 3.41. The molecule has 3 nitrogen and oxygen atoms in total. The number of carbonyl (C=O) groups excluding carboxylic acids is 1. The molecule has 0 heterocycles. The van der Waals surface area contributed by atoms with Gasteiger partial charge in [-0.25, -0.2) is 4.39 Å². The van der Waals surface area contributed by atoms with Crippen molar-refractivity contribution in [3.63, 3.8) is 0 Å². The van der Waals surface area contributed by atoms with Gasteiger partial charge in [0, 0.05) is 4.47 Å². The van der Waals surface area contributed by atoms with Gasteiger partial charge in [-0.3, -0.25) is 4.79 Å². The standard InChI is InChI=1S/C17H17BrFNO2/c1-3-16(11-4-7-13(22-2)8-5-11)20-17(21)14-9-6-12(19)10-15(14)18/h4-10,16H,3H2,1-2H3,(H,20,21)/t16-/m0/s1. The molecule has 0 saturated heterocycles. The molecule has 2 rings (SSSR count). The lowest BCUT2D eigenvalue weighted by Gasteiger charge is -2.18. The fourth-order valence-electron chi connectivity index (χ4n) is 2.17. The molecule has 1 atom stereocenters. The van der Waals surface area contributed by atoms with Gasteiger partial charge in [-0.05, 0) is 58.2 Å². The van der Waals surface area contributed by atoms with E-state index in [2.05, 4.69) is 21.2 Å². The van der Waals surface area contributed by atoms with Gasteiger partial charge >= 0.3 is 0 Å². The molecule has 1 N–H and O–H groups in total. The highest BCUT2D eigenvalue weighted by Gasteiger charge is 2.16. The number of nitrogens with one attached hydrogen (secondary N) is 1. The fraction of sp³-hybridized carbons (Fsp3) is 0.235. The minimum absolute atomic E-state index is 0.115. The van der Waals surface area contributed by atoms with Gasteiger partial charge < -0.3 is 10.1 Å². The summed E-state index contributed by atoms with van der Waals surface area (Å²) >= 11 is 3.22. The molecule has 5 heteroatoms. The van der Waals surface area contributed by atoms with Crippen LogP contribution in [0.1, 0.15) is 35.3 Å². The van der Waals surface area contributed by atoms with E-state index in [4.69, 9.17) is 4.74 Å². The van der Waals surface area contributed by atoms with Crippen LogP contribution in [0.3, 0.4) is 0 Å². The first-order chi connectivity index (χ1) is 10.5. The van der Waals surface area contributed by atoms with Crippen molar-refractivity contribution in [3.8, 4) is 5.75 Å². The highest BCUT2D eigenvalue weighted by molar-refractivity contribution is 9.10. The van der Waals surface area contributed by atoms with Crippen LogP contribution in [0.4, 0.5) is 4.39 Å². The number of amides is 1. The maximum atomic E-state index is 13.1. The number of ether oxygens (including phenoxy) is 1. The summed E-state index contributed by atoms with van der Waals surface area (Å²) in [7, 11) is 1.61. The third-order valence-corrected chi connectivity index (χ3v) is 4.06. The monoisotopic (exact) mass is 365 g/mol. The number of methoxy groups -OCH3 is 1. The number of hydrogen-bond donors (Lipinski definition) is 1. The molecular weight excluding hydrogens is 349 g/mol. The Labute approximate surface area is 137 Å². The zero-order valence-corrected chi connectivity index (χ0v) is 14.0. The van der Waals surface area contributed by atoms with Gasteiger partial charge in [0.25, 0.3) is 5.91 Å². The van der Waals surface area contributed by atoms with Crippen LogP contribution >= 0.6 is 15.9 Å². The normalized spacial score (nSPS) is 11.8. The number of halogens is 2. The van der Waals surface area contributed by atoms with E-state index in [-0.39, 0.29) is 17.8 Å². The number of hydrogen-bond acceptors (Lipinski definition) is 2. The first-order valence-electron chi connectivity index (χ1n) is 6.95. The summed E-state index contributed by atoms with van der Waals surface area (Å²) in [5.41, 5.74) is 1.41. The van der Waals surface area contributed by atoms with E-state index in [1.54, 1.807) is 7.11 Å². The Bertz CT molecular complexity index is 658. The molecule has 0 spiro atoms. The van der Waals surface area contributed by atoms with Crippen molar-refractivity contribution in [2.45, 2.75) is 19.4 Å². The highest BCUT2D eigenvalue weighted by Crippen LogP contribution is 2.23. The average Bonchev–Trinajstić information content (AvgIpc) is 2.52. The summed E-state index contributed by atoms with van der Waals surface area (Å²) in [6.45, 7) is 1.99. The Morgan fingerprint density at radius 3 is 2.50 bits per heavy atom. The summed E-state index contributed by atoms with van der Waals surface area (Å²) in [5.74, 6) is 0.145. The van der Waals surface area contributed by atoms with E-state index in [1.165, 1.54) is 18.2 Å². The van der Waals surface area contributed by atoms with Gasteiger partial charge in [-0.1, -0.05) is 19.1 Å². The van der Waals surface area contributed by atoms with Crippen LogP contribution in [0.25, 0.3) is 0 Å². The molecule has 116 valence electrons. The van der Waals surface area contributed by atoms with Gasteiger partial charge in [0.2, 0.25) is 0 Å². The van der Waals surface area contributed by atoms with Gasteiger partial charge in [-0.15, -0.1) is 0 Å². The van der Waals surface area contributed by atoms with Crippen LogP contribution in [0, 0.1) is 5.82 Å². The van der Waals surface area contributed by atoms with Crippen LogP contribution < -0.4 is 10.1 Å². The van der Waals surface area contributed by atoms with Gasteiger partial charge in [0.1, 0.15) is 11.6 Å². The SMILES string of the molecule is CC[C@H](NC(=O)c1ccc(F)cc1Br)c1ccc(OC)cc1. The lowest BCUT2D eigenvalue weighted by Crippen LogP contribution is -2.28. The molecule has 0 radical (unpaired) electrons. The third kappa shape index (κ3) is 3.85. The summed E-state index contributed by atoms with van der Waals surface area (Å²) in [6.07, 6.45) is 0.747. The average molecular weight is 366 g/mol. The Hall–Kier alpha value is -1.88. The molecule has 0 saturated carbocycles. The fourth-order valence-corrected chi connectivity index (χ4v) is 2.70. The number of benzene rings is 2. The lowest BCUT2D eigenvalue weighted by molar-refractivity contribution is 0.0934. The van der Waals surface area contributed by atoms with Crippen molar-refractivity contribution >= 4 is 21.8 Å². The van der Waals surface area contributed by atoms with Crippen molar-refractivity contribution < 1.29 is 13.9 Å². The quantitative estimate of drug-likeness (QED) is 0.848. The molecule has 2 aromatic rings. The predicted octanol–water partition coefficient (Wildman–Crippen LogP) is 4.48. The Kier molecular flexibility index (Phi) is 5.55. The van der Waals surface area contributed by atoms with Crippen molar-refractivity contribution in [3.05, 3.63) is 63.9 Å². The molecular formula is C17H17BrFNO2. The summed E-state index contributed by atoms with van der Waals surface area (Å²) in [4.78, 5) is 12.4. The van der Waals surface area contributed by atoms with E-state index in [0.29, 0.717) is 10.0 Å². The van der Waals surface area contributed by atoms with E-state index < -0.39 is 0 Å². The van der Waals surface area contributed by atoms with Crippen LogP contribution in [0.5, 0.6) is 5.75 Å². The highest BCUT2D eigenvalue weighted by atomic mass is 79.9. The number of rotatable bonds is 5. The van der Waals surface area contributed by atoms with Crippen molar-refractivity contribution in [2.75, 3.05) is 7.11 Å². The Morgan fingerprint density at radius 1 is 1.27 bits per heavy atom. The predicted molar refractivity (Wildman–Crippen MR) is 87.6 cm³/mol. The maximum Gasteiger partial charge on any atom is 0.252 e. The van der Waals surface area contributed by atoms with E-state index in [9.17, 15) is 9.18 Å². The Balaban J connectivity index is 2.16. The summed E-state index contributed by atoms with van der Waals surface area (Å²) in [6, 6.07) is 11.5. The second kappa shape index (κ2) is 7.40. The molecule has 0 fully saturated rings. The van der Waals surface area contributed by atoms with Gasteiger partial charge in [0.05, 0.1) is 18.7 Å². The van der Waals surface area contributed by atoms with Gasteiger partial charge in [0.15, 0.2) is 0 Å². The van der Waals surface area contributed by atoms with Crippen LogP contribution in [0.15, 0.2) is 46.9 Å². The van der Waals surface area contributed by atoms with E-state index in [1.807, 2.05) is 31.2 Å². The van der Waals surface area contributed by atoms with Crippen LogP contribution in [-0.2, 0) is 0 Å². The second-order valence-corrected chi connectivity index (χ2v) is 5.69. The molecule has 2 aromatic carbocycles. The topological polar surface area (TPSA) is 38.3 Å². The smallest absolute Gasteiger partial charge is 0.252 e. The largest absolute Gasteiger partial charge is 0.497 e. The Morgan fingerprint density at radius 2 is 1.95 bits per heavy atom. The molecule has 0 bridgehead atoms. The van der Waals surface area contributed by atoms with Crippen molar-refractivity contribution in [2.24, 2.45) is 0 Å². The molecule has 22 heavy (non-hydrogen) atoms. The number of carbonyl (C=O) groups is 1. The van der Waals surface area contributed by atoms with Crippen molar-refractivity contribution in [1.82, 2.24) is 5.32 Å². The molecule has 0 aromatic heterocycles. The molecule has 0 unspecified atom stereocenters. The summed E-state index contributed by atoms with van der Waals surface area (Å²) in [5, 5.41) is 2.96. The lowest BCUT2D eigenvalue weighted by atomic mass is 10.0. The first-order valence-corrected chi connectivity index (χ1v) is 7.74. The maximum absolute atomic E-state index is 13.1. The first kappa shape index (κ1) is 16.5. The van der Waals surface area contributed by atoms with Crippen LogP contribution in [-0.4, -0.2) is 13.0 Å². The molecule has 0 aliphatic carbocycles. The van der Waals surface area contributed by atoms with Gasteiger partial charge in [-0.2, -0.15) is 0 Å². The van der Waals surface area contributed by atoms with E-state index >= 15 is 0 Å². The minimum Gasteiger partial charge on any atom is -0.497 e. The zero-order chi connectivity index (χ0) is 16.1.